The molecule has 0 bridgehead atoms. The van der Waals surface area contributed by atoms with Crippen LogP contribution in [-0.4, -0.2) is 12.0 Å². The first-order chi connectivity index (χ1) is 9.19. The van der Waals surface area contributed by atoms with E-state index in [0.717, 1.165) is 24.3 Å². The van der Waals surface area contributed by atoms with Gasteiger partial charge in [-0.3, -0.25) is 10.2 Å². The molecule has 1 aromatic carbocycles. The summed E-state index contributed by atoms with van der Waals surface area (Å²) < 4.78 is 5.92. The fraction of sp³-hybridized carbons (Fsp3) is 0.533. The number of amides is 1. The summed E-state index contributed by atoms with van der Waals surface area (Å²) in [5.74, 6) is 5.66. The molecule has 1 fully saturated rings. The van der Waals surface area contributed by atoms with Crippen LogP contribution in [0, 0.1) is 5.92 Å². The molecular formula is C15H22N2O2. The summed E-state index contributed by atoms with van der Waals surface area (Å²) in [5.41, 5.74) is 3.78. The number of nitrogens with two attached hydrogens (primary N) is 1. The number of carbonyl (C=O) groups is 1. The highest BCUT2D eigenvalue weighted by molar-refractivity contribution is 5.93. The lowest BCUT2D eigenvalue weighted by Crippen LogP contribution is -2.29. The summed E-state index contributed by atoms with van der Waals surface area (Å²) in [6.45, 7) is 2.92. The summed E-state index contributed by atoms with van der Waals surface area (Å²) in [4.78, 5) is 11.3. The van der Waals surface area contributed by atoms with Gasteiger partial charge in [-0.2, -0.15) is 0 Å². The number of nitrogen functional groups attached to an aromatic ring is 1. The van der Waals surface area contributed by atoms with E-state index in [1.54, 1.807) is 12.1 Å². The van der Waals surface area contributed by atoms with Crippen molar-refractivity contribution in [1.29, 1.82) is 0 Å². The fourth-order valence-electron chi connectivity index (χ4n) is 2.45. The number of hydrogen-bond acceptors (Lipinski definition) is 3. The molecular weight excluding hydrogens is 240 g/mol. The van der Waals surface area contributed by atoms with Crippen molar-refractivity contribution in [2.24, 2.45) is 11.8 Å². The van der Waals surface area contributed by atoms with Crippen LogP contribution in [0.15, 0.2) is 24.3 Å². The van der Waals surface area contributed by atoms with Crippen LogP contribution >= 0.6 is 0 Å². The van der Waals surface area contributed by atoms with E-state index >= 15 is 0 Å². The van der Waals surface area contributed by atoms with E-state index in [-0.39, 0.29) is 5.91 Å². The Balaban J connectivity index is 1.81. The Kier molecular flexibility index (Phi) is 4.93. The van der Waals surface area contributed by atoms with Crippen LogP contribution in [0.4, 0.5) is 0 Å². The molecule has 2 rings (SSSR count). The minimum Gasteiger partial charge on any atom is -0.374 e. The predicted molar refractivity (Wildman–Crippen MR) is 74.3 cm³/mol. The van der Waals surface area contributed by atoms with Crippen molar-refractivity contribution in [2.75, 3.05) is 0 Å². The van der Waals surface area contributed by atoms with Gasteiger partial charge in [0.2, 0.25) is 0 Å². The second-order valence-corrected chi connectivity index (χ2v) is 5.36. The van der Waals surface area contributed by atoms with Crippen LogP contribution in [-0.2, 0) is 11.3 Å². The SMILES string of the molecule is CC1CCC(OCc2ccc(C(=O)NN)cc2)CC1. The van der Waals surface area contributed by atoms with E-state index in [4.69, 9.17) is 10.6 Å². The number of rotatable bonds is 4. The third-order valence-electron chi connectivity index (χ3n) is 3.80. The highest BCUT2D eigenvalue weighted by Gasteiger charge is 2.18. The van der Waals surface area contributed by atoms with Gasteiger partial charge in [0.25, 0.3) is 5.91 Å². The van der Waals surface area contributed by atoms with Crippen LogP contribution in [0.3, 0.4) is 0 Å². The van der Waals surface area contributed by atoms with Gasteiger partial charge in [0.15, 0.2) is 0 Å². The number of hydrogen-bond donors (Lipinski definition) is 2. The Labute approximate surface area is 114 Å². The minimum atomic E-state index is -0.270. The molecule has 4 nitrogen and oxygen atoms in total. The molecule has 0 spiro atoms. The van der Waals surface area contributed by atoms with Gasteiger partial charge in [0, 0.05) is 5.56 Å². The normalized spacial score (nSPS) is 23.1. The average Bonchev–Trinajstić information content (AvgIpc) is 2.46. The summed E-state index contributed by atoms with van der Waals surface area (Å²) in [5, 5.41) is 0. The van der Waals surface area contributed by atoms with Gasteiger partial charge in [-0.05, 0) is 49.3 Å². The van der Waals surface area contributed by atoms with E-state index in [2.05, 4.69) is 12.3 Å². The van der Waals surface area contributed by atoms with E-state index < -0.39 is 0 Å². The molecule has 0 saturated heterocycles. The smallest absolute Gasteiger partial charge is 0.265 e. The molecule has 104 valence electrons. The molecule has 4 heteroatoms. The summed E-state index contributed by atoms with van der Waals surface area (Å²) in [6, 6.07) is 7.36. The van der Waals surface area contributed by atoms with E-state index in [9.17, 15) is 4.79 Å². The van der Waals surface area contributed by atoms with Crippen molar-refractivity contribution in [3.8, 4) is 0 Å². The van der Waals surface area contributed by atoms with E-state index in [0.29, 0.717) is 18.3 Å². The maximum Gasteiger partial charge on any atom is 0.265 e. The predicted octanol–water partition coefficient (Wildman–Crippen LogP) is 2.39. The van der Waals surface area contributed by atoms with E-state index in [1.165, 1.54) is 12.8 Å². The van der Waals surface area contributed by atoms with Gasteiger partial charge in [0.1, 0.15) is 0 Å². The Morgan fingerprint density at radius 3 is 2.47 bits per heavy atom. The van der Waals surface area contributed by atoms with Crippen molar-refractivity contribution in [3.63, 3.8) is 0 Å². The molecule has 1 aromatic rings. The number of hydrazine groups is 1. The third-order valence-corrected chi connectivity index (χ3v) is 3.80. The van der Waals surface area contributed by atoms with Gasteiger partial charge in [-0.25, -0.2) is 5.84 Å². The molecule has 0 radical (unpaired) electrons. The number of benzene rings is 1. The lowest BCUT2D eigenvalue weighted by atomic mass is 9.89. The topological polar surface area (TPSA) is 64.3 Å². The van der Waals surface area contributed by atoms with Crippen molar-refractivity contribution in [1.82, 2.24) is 5.43 Å². The van der Waals surface area contributed by atoms with Crippen LogP contribution < -0.4 is 11.3 Å². The molecule has 19 heavy (non-hydrogen) atoms. The van der Waals surface area contributed by atoms with Crippen LogP contribution in [0.5, 0.6) is 0 Å². The standard InChI is InChI=1S/C15H22N2O2/c1-11-2-8-14(9-3-11)19-10-12-4-6-13(7-5-12)15(18)17-16/h4-7,11,14H,2-3,8-10,16H2,1H3,(H,17,18). The molecule has 1 aliphatic rings. The van der Waals surface area contributed by atoms with Gasteiger partial charge < -0.3 is 4.74 Å². The quantitative estimate of drug-likeness (QED) is 0.497. The first-order valence-electron chi connectivity index (χ1n) is 6.90. The number of carbonyl (C=O) groups excluding carboxylic acids is 1. The first-order valence-corrected chi connectivity index (χ1v) is 6.90. The summed E-state index contributed by atoms with van der Waals surface area (Å²) >= 11 is 0. The van der Waals surface area contributed by atoms with Gasteiger partial charge in [-0.1, -0.05) is 19.1 Å². The summed E-state index contributed by atoms with van der Waals surface area (Å²) in [7, 11) is 0. The average molecular weight is 262 g/mol. The molecule has 0 atom stereocenters. The lowest BCUT2D eigenvalue weighted by Gasteiger charge is -2.26. The van der Waals surface area contributed by atoms with Gasteiger partial charge >= 0.3 is 0 Å². The second kappa shape index (κ2) is 6.68. The largest absolute Gasteiger partial charge is 0.374 e. The fourth-order valence-corrected chi connectivity index (χ4v) is 2.45. The summed E-state index contributed by atoms with van der Waals surface area (Å²) in [6.07, 6.45) is 5.24. The maximum absolute atomic E-state index is 11.3. The monoisotopic (exact) mass is 262 g/mol. The highest BCUT2D eigenvalue weighted by Crippen LogP contribution is 2.26. The second-order valence-electron chi connectivity index (χ2n) is 5.36. The van der Waals surface area contributed by atoms with Gasteiger partial charge in [-0.15, -0.1) is 0 Å². The molecule has 3 N–H and O–H groups in total. The Bertz CT molecular complexity index is 409. The molecule has 1 amide bonds. The van der Waals surface area contributed by atoms with Crippen molar-refractivity contribution < 1.29 is 9.53 Å². The highest BCUT2D eigenvalue weighted by atomic mass is 16.5. The zero-order valence-corrected chi connectivity index (χ0v) is 11.4. The van der Waals surface area contributed by atoms with Crippen LogP contribution in [0.25, 0.3) is 0 Å². The van der Waals surface area contributed by atoms with Crippen molar-refractivity contribution in [2.45, 2.75) is 45.3 Å². The Hall–Kier alpha value is -1.39. The maximum atomic E-state index is 11.3. The zero-order valence-electron chi connectivity index (χ0n) is 11.4. The number of nitrogens with one attached hydrogen (secondary N) is 1. The molecule has 1 saturated carbocycles. The molecule has 1 aliphatic carbocycles. The van der Waals surface area contributed by atoms with E-state index in [1.807, 2.05) is 12.1 Å². The number of ether oxygens (including phenoxy) is 1. The Morgan fingerprint density at radius 2 is 1.89 bits per heavy atom. The molecule has 0 heterocycles. The minimum absolute atomic E-state index is 0.270. The third kappa shape index (κ3) is 4.04. The van der Waals surface area contributed by atoms with Crippen molar-refractivity contribution in [3.05, 3.63) is 35.4 Å². The van der Waals surface area contributed by atoms with Crippen LogP contribution in [0.1, 0.15) is 48.5 Å². The molecule has 0 aromatic heterocycles. The lowest BCUT2D eigenvalue weighted by molar-refractivity contribution is 0.00876. The molecule has 0 aliphatic heterocycles. The zero-order chi connectivity index (χ0) is 13.7. The Morgan fingerprint density at radius 1 is 1.26 bits per heavy atom. The van der Waals surface area contributed by atoms with Crippen LogP contribution in [0.2, 0.25) is 0 Å². The molecule has 0 unspecified atom stereocenters. The van der Waals surface area contributed by atoms with Crippen molar-refractivity contribution >= 4 is 5.91 Å². The first kappa shape index (κ1) is 14.0. The van der Waals surface area contributed by atoms with Gasteiger partial charge in [0.05, 0.1) is 12.7 Å².